The lowest BCUT2D eigenvalue weighted by molar-refractivity contribution is -0.0461. The van der Waals surface area contributed by atoms with Crippen molar-refractivity contribution in [3.8, 4) is 0 Å². The van der Waals surface area contributed by atoms with Gasteiger partial charge in [0.15, 0.2) is 0 Å². The van der Waals surface area contributed by atoms with E-state index in [-0.39, 0.29) is 6.10 Å². The first-order chi connectivity index (χ1) is 12.9. The maximum atomic E-state index is 6.67. The van der Waals surface area contributed by atoms with Crippen molar-refractivity contribution in [2.75, 3.05) is 20.0 Å². The molecule has 0 radical (unpaired) electrons. The van der Waals surface area contributed by atoms with Crippen LogP contribution in [0.15, 0.2) is 91.0 Å². The molecule has 0 aliphatic carbocycles. The highest BCUT2D eigenvalue weighted by atomic mass is 16.7. The van der Waals surface area contributed by atoms with Crippen molar-refractivity contribution >= 4 is 0 Å². The summed E-state index contributed by atoms with van der Waals surface area (Å²) in [4.78, 5) is 0. The van der Waals surface area contributed by atoms with Gasteiger partial charge in [-0.3, -0.25) is 0 Å². The van der Waals surface area contributed by atoms with Crippen molar-refractivity contribution in [3.63, 3.8) is 0 Å². The summed E-state index contributed by atoms with van der Waals surface area (Å²) in [5.41, 5.74) is 2.58. The Labute approximate surface area is 154 Å². The fourth-order valence-corrected chi connectivity index (χ4v) is 3.45. The van der Waals surface area contributed by atoms with E-state index in [0.717, 1.165) is 16.7 Å². The van der Waals surface area contributed by atoms with Gasteiger partial charge in [0.1, 0.15) is 18.5 Å². The summed E-state index contributed by atoms with van der Waals surface area (Å²) in [6.07, 6.45) is -0.0505. The molecule has 1 heterocycles. The maximum absolute atomic E-state index is 6.67. The van der Waals surface area contributed by atoms with Crippen LogP contribution in [-0.4, -0.2) is 26.1 Å². The first-order valence-electron chi connectivity index (χ1n) is 8.89. The molecule has 0 aromatic heterocycles. The molecule has 4 rings (SSSR count). The molecular weight excluding hydrogens is 324 g/mol. The van der Waals surface area contributed by atoms with Crippen LogP contribution in [0, 0.1) is 0 Å². The second-order valence-electron chi connectivity index (χ2n) is 6.37. The van der Waals surface area contributed by atoms with E-state index in [1.807, 2.05) is 18.2 Å². The largest absolute Gasteiger partial charge is 0.358 e. The lowest BCUT2D eigenvalue weighted by Gasteiger charge is -2.36. The molecule has 1 unspecified atom stereocenters. The molecule has 132 valence electrons. The Hall–Kier alpha value is -2.46. The molecule has 0 spiro atoms. The van der Waals surface area contributed by atoms with Crippen molar-refractivity contribution in [1.82, 2.24) is 0 Å². The highest BCUT2D eigenvalue weighted by Crippen LogP contribution is 2.40. The first-order valence-corrected chi connectivity index (χ1v) is 8.89. The molecule has 3 aromatic carbocycles. The minimum atomic E-state index is -0.699. The third-order valence-electron chi connectivity index (χ3n) is 4.72. The molecule has 1 aliphatic heterocycles. The zero-order valence-electron chi connectivity index (χ0n) is 14.6. The highest BCUT2D eigenvalue weighted by Gasteiger charge is 2.38. The maximum Gasteiger partial charge on any atom is 0.147 e. The van der Waals surface area contributed by atoms with Crippen LogP contribution in [0.5, 0.6) is 0 Å². The predicted molar refractivity (Wildman–Crippen MR) is 101 cm³/mol. The summed E-state index contributed by atoms with van der Waals surface area (Å²) >= 11 is 0. The molecule has 3 nitrogen and oxygen atoms in total. The van der Waals surface area contributed by atoms with E-state index in [1.54, 1.807) is 0 Å². The molecule has 0 saturated carbocycles. The van der Waals surface area contributed by atoms with E-state index in [4.69, 9.17) is 14.2 Å². The smallest absolute Gasteiger partial charge is 0.147 e. The number of hydrogen-bond acceptors (Lipinski definition) is 3. The molecule has 1 saturated heterocycles. The number of benzene rings is 3. The lowest BCUT2D eigenvalue weighted by atomic mass is 9.80. The Morgan fingerprint density at radius 2 is 1.19 bits per heavy atom. The molecule has 0 amide bonds. The first kappa shape index (κ1) is 17.0. The zero-order chi connectivity index (χ0) is 17.7. The number of hydrogen-bond donors (Lipinski definition) is 0. The monoisotopic (exact) mass is 346 g/mol. The predicted octanol–water partition coefficient (Wildman–Crippen LogP) is 4.37. The molecule has 1 atom stereocenters. The summed E-state index contributed by atoms with van der Waals surface area (Å²) < 4.78 is 17.6. The fourth-order valence-electron chi connectivity index (χ4n) is 3.45. The third-order valence-corrected chi connectivity index (χ3v) is 4.72. The van der Waals surface area contributed by atoms with E-state index in [9.17, 15) is 0 Å². The van der Waals surface area contributed by atoms with Crippen LogP contribution < -0.4 is 0 Å². The van der Waals surface area contributed by atoms with Gasteiger partial charge in [0.25, 0.3) is 0 Å². The second-order valence-corrected chi connectivity index (χ2v) is 6.37. The Balaban J connectivity index is 1.84. The Kier molecular flexibility index (Phi) is 5.12. The second kappa shape index (κ2) is 7.83. The molecule has 26 heavy (non-hydrogen) atoms. The molecule has 1 aliphatic rings. The van der Waals surface area contributed by atoms with Gasteiger partial charge in [-0.1, -0.05) is 91.0 Å². The Bertz CT molecular complexity index is 700. The minimum Gasteiger partial charge on any atom is -0.358 e. The summed E-state index contributed by atoms with van der Waals surface area (Å²) in [6.45, 7) is 1.36. The standard InChI is InChI=1S/C23H22O3/c1-4-10-19(11-5-1)23(20-12-6-2-7-13-20,21-14-8-3-9-15-21)26-17-22-16-24-18-25-22/h1-15,22H,16-18H2. The van der Waals surface area contributed by atoms with Crippen LogP contribution in [0.4, 0.5) is 0 Å². The SMILES string of the molecule is c1ccc(C(OCC2COCO2)(c2ccccc2)c2ccccc2)cc1. The van der Waals surface area contributed by atoms with E-state index in [1.165, 1.54) is 0 Å². The zero-order valence-corrected chi connectivity index (χ0v) is 14.6. The van der Waals surface area contributed by atoms with Crippen LogP contribution in [0.1, 0.15) is 16.7 Å². The summed E-state index contributed by atoms with van der Waals surface area (Å²) in [5.74, 6) is 0. The van der Waals surface area contributed by atoms with Gasteiger partial charge >= 0.3 is 0 Å². The van der Waals surface area contributed by atoms with Gasteiger partial charge in [-0.2, -0.15) is 0 Å². The van der Waals surface area contributed by atoms with Crippen molar-refractivity contribution in [2.24, 2.45) is 0 Å². The van der Waals surface area contributed by atoms with E-state index in [2.05, 4.69) is 72.8 Å². The summed E-state index contributed by atoms with van der Waals surface area (Å²) in [6, 6.07) is 31.1. The summed E-state index contributed by atoms with van der Waals surface area (Å²) in [5, 5.41) is 0. The van der Waals surface area contributed by atoms with Crippen LogP contribution in [0.3, 0.4) is 0 Å². The van der Waals surface area contributed by atoms with Gasteiger partial charge in [-0.05, 0) is 16.7 Å². The third kappa shape index (κ3) is 3.29. The molecule has 3 heteroatoms. The van der Waals surface area contributed by atoms with Gasteiger partial charge in [0.05, 0.1) is 13.2 Å². The van der Waals surface area contributed by atoms with Crippen molar-refractivity contribution in [2.45, 2.75) is 11.7 Å². The average molecular weight is 346 g/mol. The van der Waals surface area contributed by atoms with Gasteiger partial charge in [-0.25, -0.2) is 0 Å². The normalized spacial score (nSPS) is 17.3. The van der Waals surface area contributed by atoms with Gasteiger partial charge in [0.2, 0.25) is 0 Å². The molecular formula is C23H22O3. The van der Waals surface area contributed by atoms with Crippen LogP contribution in [-0.2, 0) is 19.8 Å². The number of ether oxygens (including phenoxy) is 3. The summed E-state index contributed by atoms with van der Waals surface area (Å²) in [7, 11) is 0. The minimum absolute atomic E-state index is 0.0505. The van der Waals surface area contributed by atoms with Crippen molar-refractivity contribution < 1.29 is 14.2 Å². The van der Waals surface area contributed by atoms with Crippen molar-refractivity contribution in [3.05, 3.63) is 108 Å². The molecule has 0 N–H and O–H groups in total. The van der Waals surface area contributed by atoms with Crippen LogP contribution in [0.25, 0.3) is 0 Å². The van der Waals surface area contributed by atoms with E-state index in [0.29, 0.717) is 20.0 Å². The van der Waals surface area contributed by atoms with Crippen LogP contribution >= 0.6 is 0 Å². The topological polar surface area (TPSA) is 27.7 Å². The van der Waals surface area contributed by atoms with Gasteiger partial charge in [-0.15, -0.1) is 0 Å². The van der Waals surface area contributed by atoms with E-state index < -0.39 is 5.60 Å². The average Bonchev–Trinajstić information content (AvgIpc) is 3.25. The highest BCUT2D eigenvalue weighted by molar-refractivity contribution is 5.47. The van der Waals surface area contributed by atoms with E-state index >= 15 is 0 Å². The molecule has 3 aromatic rings. The van der Waals surface area contributed by atoms with Gasteiger partial charge in [0, 0.05) is 0 Å². The fraction of sp³-hybridized carbons (Fsp3) is 0.217. The van der Waals surface area contributed by atoms with Gasteiger partial charge < -0.3 is 14.2 Å². The number of rotatable bonds is 6. The Morgan fingerprint density at radius 1 is 0.731 bits per heavy atom. The Morgan fingerprint density at radius 3 is 1.58 bits per heavy atom. The van der Waals surface area contributed by atoms with Crippen molar-refractivity contribution in [1.29, 1.82) is 0 Å². The molecule has 0 bridgehead atoms. The quantitative estimate of drug-likeness (QED) is 0.621. The molecule has 1 fully saturated rings. The van der Waals surface area contributed by atoms with Crippen LogP contribution in [0.2, 0.25) is 0 Å². The lowest BCUT2D eigenvalue weighted by Crippen LogP contribution is -2.36.